The van der Waals surface area contributed by atoms with Gasteiger partial charge in [0.05, 0.1) is 7.11 Å². The Morgan fingerprint density at radius 1 is 1.15 bits per heavy atom. The first kappa shape index (κ1) is 20.3. The molecule has 0 bridgehead atoms. The minimum atomic E-state index is -2.87. The molecule has 3 N–H and O–H groups in total. The van der Waals surface area contributed by atoms with E-state index in [0.29, 0.717) is 30.2 Å². The first-order chi connectivity index (χ1) is 13.0. The van der Waals surface area contributed by atoms with E-state index in [2.05, 4.69) is 20.4 Å². The molecule has 2 aromatic rings. The third-order valence-electron chi connectivity index (χ3n) is 3.84. The summed E-state index contributed by atoms with van der Waals surface area (Å²) in [5, 5.41) is 16.1. The van der Waals surface area contributed by atoms with Gasteiger partial charge in [-0.25, -0.2) is 0 Å². The van der Waals surface area contributed by atoms with E-state index >= 15 is 0 Å². The molecule has 0 saturated heterocycles. The Bertz CT molecular complexity index is 770. The molecule has 0 aliphatic rings. The van der Waals surface area contributed by atoms with Crippen molar-refractivity contribution in [1.29, 1.82) is 0 Å². The Kier molecular flexibility index (Phi) is 7.66. The maximum Gasteiger partial charge on any atom is 0.387 e. The number of methoxy groups -OCH3 is 1. The van der Waals surface area contributed by atoms with E-state index in [4.69, 9.17) is 4.74 Å². The molecular formula is C19H23F2N3O3. The lowest BCUT2D eigenvalue weighted by Gasteiger charge is -2.15. The van der Waals surface area contributed by atoms with Gasteiger partial charge in [-0.15, -0.1) is 0 Å². The standard InChI is InChI=1S/C19H23F2N3O3/c1-22-19(23-10-9-13-7-8-15(26-2)11-16(13)25)24-12-14-5-3-4-6-17(14)27-18(20)21/h3-8,11,18,25H,9-10,12H2,1-2H3,(H2,22,23,24). The second-order valence-corrected chi connectivity index (χ2v) is 5.58. The van der Waals surface area contributed by atoms with Crippen molar-refractivity contribution in [2.45, 2.75) is 19.6 Å². The van der Waals surface area contributed by atoms with Crippen molar-refractivity contribution >= 4 is 5.96 Å². The predicted molar refractivity (Wildman–Crippen MR) is 99.6 cm³/mol. The molecule has 0 aliphatic carbocycles. The number of halogens is 2. The fraction of sp³-hybridized carbons (Fsp3) is 0.316. The summed E-state index contributed by atoms with van der Waals surface area (Å²) in [6, 6.07) is 11.7. The average Bonchev–Trinajstić information content (AvgIpc) is 2.66. The molecule has 0 atom stereocenters. The molecule has 2 aromatic carbocycles. The van der Waals surface area contributed by atoms with Crippen LogP contribution < -0.4 is 20.1 Å². The van der Waals surface area contributed by atoms with E-state index in [1.54, 1.807) is 43.4 Å². The lowest BCUT2D eigenvalue weighted by Crippen LogP contribution is -2.38. The number of guanidine groups is 1. The number of aliphatic imine (C=N–C) groups is 1. The van der Waals surface area contributed by atoms with Crippen molar-refractivity contribution in [2.75, 3.05) is 20.7 Å². The van der Waals surface area contributed by atoms with Gasteiger partial charge in [-0.05, 0) is 24.1 Å². The highest BCUT2D eigenvalue weighted by Gasteiger charge is 2.09. The number of hydrogen-bond acceptors (Lipinski definition) is 4. The van der Waals surface area contributed by atoms with E-state index in [-0.39, 0.29) is 18.0 Å². The molecule has 8 heteroatoms. The molecule has 0 unspecified atom stereocenters. The maximum atomic E-state index is 12.5. The van der Waals surface area contributed by atoms with Crippen LogP contribution in [0.4, 0.5) is 8.78 Å². The molecule has 0 aliphatic heterocycles. The lowest BCUT2D eigenvalue weighted by atomic mass is 10.1. The summed E-state index contributed by atoms with van der Waals surface area (Å²) in [4.78, 5) is 4.10. The van der Waals surface area contributed by atoms with Gasteiger partial charge in [0.2, 0.25) is 0 Å². The number of aromatic hydroxyl groups is 1. The number of benzene rings is 2. The van der Waals surface area contributed by atoms with Gasteiger partial charge in [-0.1, -0.05) is 24.3 Å². The molecule has 0 amide bonds. The second kappa shape index (κ2) is 10.2. The van der Waals surface area contributed by atoms with Gasteiger partial charge in [0.1, 0.15) is 17.2 Å². The van der Waals surface area contributed by atoms with Crippen molar-refractivity contribution < 1.29 is 23.4 Å². The minimum absolute atomic E-state index is 0.124. The number of phenolic OH excluding ortho intramolecular Hbond substituents is 1. The van der Waals surface area contributed by atoms with Gasteiger partial charge in [0, 0.05) is 31.8 Å². The number of phenols is 1. The number of hydrogen-bond donors (Lipinski definition) is 3. The predicted octanol–water partition coefficient (Wildman–Crippen LogP) is 2.91. The summed E-state index contributed by atoms with van der Waals surface area (Å²) < 4.78 is 34.5. The van der Waals surface area contributed by atoms with Crippen LogP contribution in [-0.4, -0.2) is 38.4 Å². The van der Waals surface area contributed by atoms with Crippen LogP contribution in [0, 0.1) is 0 Å². The van der Waals surface area contributed by atoms with E-state index in [1.807, 2.05) is 0 Å². The first-order valence-corrected chi connectivity index (χ1v) is 8.36. The summed E-state index contributed by atoms with van der Waals surface area (Å²) in [5.41, 5.74) is 1.36. The summed E-state index contributed by atoms with van der Waals surface area (Å²) >= 11 is 0. The molecule has 0 fully saturated rings. The quantitative estimate of drug-likeness (QED) is 0.486. The monoisotopic (exact) mass is 379 g/mol. The highest BCUT2D eigenvalue weighted by molar-refractivity contribution is 5.79. The van der Waals surface area contributed by atoms with Crippen LogP contribution in [0.2, 0.25) is 0 Å². The zero-order valence-corrected chi connectivity index (χ0v) is 15.2. The van der Waals surface area contributed by atoms with Crippen LogP contribution in [0.3, 0.4) is 0 Å². The van der Waals surface area contributed by atoms with Crippen LogP contribution >= 0.6 is 0 Å². The highest BCUT2D eigenvalue weighted by Crippen LogP contribution is 2.23. The smallest absolute Gasteiger partial charge is 0.387 e. The topological polar surface area (TPSA) is 75.1 Å². The number of nitrogens with one attached hydrogen (secondary N) is 2. The van der Waals surface area contributed by atoms with Crippen molar-refractivity contribution in [1.82, 2.24) is 10.6 Å². The molecule has 2 rings (SSSR count). The molecule has 0 spiro atoms. The van der Waals surface area contributed by atoms with Crippen molar-refractivity contribution in [3.8, 4) is 17.2 Å². The van der Waals surface area contributed by atoms with Crippen molar-refractivity contribution in [3.05, 3.63) is 53.6 Å². The second-order valence-electron chi connectivity index (χ2n) is 5.58. The number of ether oxygens (including phenoxy) is 2. The molecule has 0 radical (unpaired) electrons. The summed E-state index contributed by atoms with van der Waals surface area (Å²) in [6.07, 6.45) is 0.571. The van der Waals surface area contributed by atoms with Gasteiger partial charge in [-0.3, -0.25) is 4.99 Å². The Labute approximate surface area is 156 Å². The van der Waals surface area contributed by atoms with Crippen LogP contribution in [0.5, 0.6) is 17.2 Å². The lowest BCUT2D eigenvalue weighted by molar-refractivity contribution is -0.0504. The number of alkyl halides is 2. The normalized spacial score (nSPS) is 11.4. The average molecular weight is 379 g/mol. The number of rotatable bonds is 8. The molecule has 0 saturated carbocycles. The number of nitrogens with zero attached hydrogens (tertiary/aromatic N) is 1. The third kappa shape index (κ3) is 6.32. The Hall–Kier alpha value is -3.03. The fourth-order valence-electron chi connectivity index (χ4n) is 2.46. The largest absolute Gasteiger partial charge is 0.508 e. The maximum absolute atomic E-state index is 12.5. The molecule has 0 heterocycles. The van der Waals surface area contributed by atoms with Crippen LogP contribution in [0.15, 0.2) is 47.5 Å². The SMILES string of the molecule is CN=C(NCCc1ccc(OC)cc1O)NCc1ccccc1OC(F)F. The molecule has 6 nitrogen and oxygen atoms in total. The molecule has 146 valence electrons. The molecule has 0 aromatic heterocycles. The van der Waals surface area contributed by atoms with Gasteiger partial charge in [0.15, 0.2) is 5.96 Å². The van der Waals surface area contributed by atoms with Gasteiger partial charge >= 0.3 is 6.61 Å². The van der Waals surface area contributed by atoms with E-state index in [1.165, 1.54) is 13.2 Å². The zero-order chi connectivity index (χ0) is 19.6. The van der Waals surface area contributed by atoms with E-state index < -0.39 is 6.61 Å². The molecular weight excluding hydrogens is 356 g/mol. The van der Waals surface area contributed by atoms with Crippen LogP contribution in [0.1, 0.15) is 11.1 Å². The van der Waals surface area contributed by atoms with Gasteiger partial charge < -0.3 is 25.2 Å². The number of para-hydroxylation sites is 1. The van der Waals surface area contributed by atoms with Crippen molar-refractivity contribution in [3.63, 3.8) is 0 Å². The Balaban J connectivity index is 1.86. The van der Waals surface area contributed by atoms with Gasteiger partial charge in [-0.2, -0.15) is 8.78 Å². The van der Waals surface area contributed by atoms with Crippen LogP contribution in [0.25, 0.3) is 0 Å². The van der Waals surface area contributed by atoms with Gasteiger partial charge in [0.25, 0.3) is 0 Å². The summed E-state index contributed by atoms with van der Waals surface area (Å²) in [6.45, 7) is -2.08. The Morgan fingerprint density at radius 2 is 1.93 bits per heavy atom. The van der Waals surface area contributed by atoms with E-state index in [0.717, 1.165) is 5.56 Å². The highest BCUT2D eigenvalue weighted by atomic mass is 19.3. The Morgan fingerprint density at radius 3 is 2.59 bits per heavy atom. The zero-order valence-electron chi connectivity index (χ0n) is 15.2. The summed E-state index contributed by atoms with van der Waals surface area (Å²) in [7, 11) is 3.15. The third-order valence-corrected chi connectivity index (χ3v) is 3.84. The molecule has 27 heavy (non-hydrogen) atoms. The van der Waals surface area contributed by atoms with Crippen molar-refractivity contribution in [2.24, 2.45) is 4.99 Å². The van der Waals surface area contributed by atoms with E-state index in [9.17, 15) is 13.9 Å². The van der Waals surface area contributed by atoms with Crippen LogP contribution in [-0.2, 0) is 13.0 Å². The first-order valence-electron chi connectivity index (χ1n) is 8.36. The fourth-order valence-corrected chi connectivity index (χ4v) is 2.46. The minimum Gasteiger partial charge on any atom is -0.508 e. The summed E-state index contributed by atoms with van der Waals surface area (Å²) in [5.74, 6) is 1.39.